The van der Waals surface area contributed by atoms with Gasteiger partial charge in [0.25, 0.3) is 0 Å². The summed E-state index contributed by atoms with van der Waals surface area (Å²) < 4.78 is 20.1. The molecule has 0 aliphatic carbocycles. The SMILES string of the molecule is CCCCNc1cc(C(=O)O)cc(SNC2O[C@H](COC(=O)C(C)(C)C)[C@@H](O)[C@H](O)[C@H]2O)c1Oc1ccccc1. The molecule has 1 unspecified atom stereocenters. The van der Waals surface area contributed by atoms with Gasteiger partial charge >= 0.3 is 11.9 Å². The van der Waals surface area contributed by atoms with Crippen LogP contribution in [0.25, 0.3) is 0 Å². The van der Waals surface area contributed by atoms with Crippen molar-refractivity contribution in [2.45, 2.75) is 76.1 Å². The standard InChI is InChI=1S/C28H38N2O9S/c1-5-6-12-29-18-13-16(26(34)35)14-20(24(18)38-17-10-8-7-9-11-17)40-30-25-23(33)22(32)21(31)19(39-25)15-37-27(36)28(2,3)4/h7-11,13-14,19,21-23,25,29-33H,5-6,12,15H2,1-4H3,(H,34,35)/t19-,21-,22+,23-,25?/m1/s1. The van der Waals surface area contributed by atoms with E-state index in [0.29, 0.717) is 28.6 Å². The Hall–Kier alpha value is -2.87. The Morgan fingerprint density at radius 1 is 1.05 bits per heavy atom. The molecule has 0 amide bonds. The lowest BCUT2D eigenvalue weighted by molar-refractivity contribution is -0.234. The minimum Gasteiger partial charge on any atom is -0.478 e. The van der Waals surface area contributed by atoms with Crippen molar-refractivity contribution in [2.75, 3.05) is 18.5 Å². The maximum absolute atomic E-state index is 12.2. The van der Waals surface area contributed by atoms with Gasteiger partial charge in [-0.3, -0.25) is 4.79 Å². The summed E-state index contributed by atoms with van der Waals surface area (Å²) in [6.07, 6.45) is -5.20. The number of ether oxygens (including phenoxy) is 3. The number of aliphatic hydroxyl groups excluding tert-OH is 3. The molecule has 5 atom stereocenters. The first-order valence-electron chi connectivity index (χ1n) is 13.1. The van der Waals surface area contributed by atoms with Crippen LogP contribution in [0.5, 0.6) is 11.5 Å². The molecule has 0 bridgehead atoms. The number of hydrogen-bond acceptors (Lipinski definition) is 11. The third kappa shape index (κ3) is 8.32. The Kier molecular flexibility index (Phi) is 11.2. The zero-order valence-corrected chi connectivity index (χ0v) is 23.8. The van der Waals surface area contributed by atoms with Crippen molar-refractivity contribution in [3.05, 3.63) is 48.0 Å². The number of carbonyl (C=O) groups excluding carboxylic acids is 1. The van der Waals surface area contributed by atoms with Crippen molar-refractivity contribution in [1.29, 1.82) is 0 Å². The van der Waals surface area contributed by atoms with Crippen molar-refractivity contribution in [1.82, 2.24) is 4.72 Å². The lowest BCUT2D eigenvalue weighted by atomic mass is 9.97. The zero-order chi connectivity index (χ0) is 29.4. The molecule has 0 saturated carbocycles. The van der Waals surface area contributed by atoms with Crippen LogP contribution >= 0.6 is 11.9 Å². The molecule has 40 heavy (non-hydrogen) atoms. The lowest BCUT2D eigenvalue weighted by Crippen LogP contribution is -2.61. The van der Waals surface area contributed by atoms with Gasteiger partial charge < -0.3 is 40.0 Å². The molecule has 0 radical (unpaired) electrons. The van der Waals surface area contributed by atoms with Gasteiger partial charge in [-0.05, 0) is 63.4 Å². The Morgan fingerprint density at radius 3 is 2.38 bits per heavy atom. The van der Waals surface area contributed by atoms with E-state index in [-0.39, 0.29) is 12.2 Å². The van der Waals surface area contributed by atoms with Crippen LogP contribution in [0.15, 0.2) is 47.4 Å². The van der Waals surface area contributed by atoms with E-state index in [9.17, 15) is 30.0 Å². The van der Waals surface area contributed by atoms with E-state index in [0.717, 1.165) is 24.8 Å². The van der Waals surface area contributed by atoms with Gasteiger partial charge in [-0.25, -0.2) is 9.52 Å². The molecule has 1 fully saturated rings. The van der Waals surface area contributed by atoms with Gasteiger partial charge in [0.1, 0.15) is 43.0 Å². The first kappa shape index (κ1) is 31.7. The second kappa shape index (κ2) is 14.2. The van der Waals surface area contributed by atoms with Crippen LogP contribution in [-0.4, -0.2) is 76.2 Å². The van der Waals surface area contributed by atoms with Gasteiger partial charge in [-0.2, -0.15) is 0 Å². The van der Waals surface area contributed by atoms with E-state index in [4.69, 9.17) is 14.2 Å². The molecule has 1 saturated heterocycles. The summed E-state index contributed by atoms with van der Waals surface area (Å²) in [6, 6.07) is 11.9. The van der Waals surface area contributed by atoms with Gasteiger partial charge in [0, 0.05) is 6.54 Å². The molecular formula is C28H38N2O9S. The summed E-state index contributed by atoms with van der Waals surface area (Å²) in [6.45, 7) is 7.33. The van der Waals surface area contributed by atoms with Gasteiger partial charge in [0.05, 0.1) is 21.6 Å². The largest absolute Gasteiger partial charge is 0.478 e. The number of aromatic carboxylic acids is 1. The molecule has 2 aromatic carbocycles. The normalized spacial score (nSPS) is 22.9. The fourth-order valence-electron chi connectivity index (χ4n) is 3.73. The second-order valence-electron chi connectivity index (χ2n) is 10.5. The average Bonchev–Trinajstić information content (AvgIpc) is 2.91. The van der Waals surface area contributed by atoms with E-state index >= 15 is 0 Å². The topological polar surface area (TPSA) is 167 Å². The molecule has 1 aliphatic rings. The number of unbranched alkanes of at least 4 members (excludes halogenated alkanes) is 1. The third-order valence-electron chi connectivity index (χ3n) is 6.10. The highest BCUT2D eigenvalue weighted by molar-refractivity contribution is 7.97. The molecule has 220 valence electrons. The van der Waals surface area contributed by atoms with Crippen molar-refractivity contribution in [3.8, 4) is 11.5 Å². The van der Waals surface area contributed by atoms with Crippen LogP contribution in [0.1, 0.15) is 50.9 Å². The monoisotopic (exact) mass is 578 g/mol. The number of esters is 1. The van der Waals surface area contributed by atoms with Crippen LogP contribution in [-0.2, 0) is 14.3 Å². The van der Waals surface area contributed by atoms with E-state index in [1.54, 1.807) is 32.9 Å². The smallest absolute Gasteiger partial charge is 0.335 e. The zero-order valence-electron chi connectivity index (χ0n) is 23.0. The molecule has 6 N–H and O–H groups in total. The molecule has 1 aliphatic heterocycles. The minimum atomic E-state index is -1.60. The first-order valence-corrected chi connectivity index (χ1v) is 13.9. The maximum atomic E-state index is 12.2. The quantitative estimate of drug-likeness (QED) is 0.124. The Morgan fingerprint density at radius 2 is 1.75 bits per heavy atom. The highest BCUT2D eigenvalue weighted by Crippen LogP contribution is 2.40. The van der Waals surface area contributed by atoms with Crippen LogP contribution in [0, 0.1) is 5.41 Å². The number of para-hydroxylation sites is 1. The summed E-state index contributed by atoms with van der Waals surface area (Å²) in [4.78, 5) is 24.5. The first-order chi connectivity index (χ1) is 18.9. The Labute approximate surface area is 238 Å². The van der Waals surface area contributed by atoms with E-state index < -0.39 is 48.0 Å². The predicted molar refractivity (Wildman–Crippen MR) is 149 cm³/mol. The summed E-state index contributed by atoms with van der Waals surface area (Å²) in [5.41, 5.74) is -0.302. The number of carboxylic acid groups (broad SMARTS) is 1. The van der Waals surface area contributed by atoms with Gasteiger partial charge in [-0.1, -0.05) is 31.5 Å². The van der Waals surface area contributed by atoms with Crippen molar-refractivity contribution < 1.29 is 44.2 Å². The molecule has 1 heterocycles. The highest BCUT2D eigenvalue weighted by Gasteiger charge is 2.44. The number of rotatable bonds is 12. The number of hydrogen-bond donors (Lipinski definition) is 6. The van der Waals surface area contributed by atoms with Crippen LogP contribution in [0.2, 0.25) is 0 Å². The highest BCUT2D eigenvalue weighted by atomic mass is 32.2. The molecular weight excluding hydrogens is 540 g/mol. The number of carbonyl (C=O) groups is 2. The molecule has 2 aromatic rings. The Balaban J connectivity index is 1.86. The fourth-order valence-corrected chi connectivity index (χ4v) is 4.59. The van der Waals surface area contributed by atoms with E-state index in [1.165, 1.54) is 12.1 Å². The molecule has 11 nitrogen and oxygen atoms in total. The minimum absolute atomic E-state index is 0.0104. The molecule has 0 spiro atoms. The van der Waals surface area contributed by atoms with Gasteiger partial charge in [0.2, 0.25) is 0 Å². The molecule has 3 rings (SSSR count). The van der Waals surface area contributed by atoms with Crippen LogP contribution < -0.4 is 14.8 Å². The number of nitrogens with one attached hydrogen (secondary N) is 2. The van der Waals surface area contributed by atoms with E-state index in [2.05, 4.69) is 10.0 Å². The summed E-state index contributed by atoms with van der Waals surface area (Å²) in [5, 5.41) is 44.5. The number of benzene rings is 2. The summed E-state index contributed by atoms with van der Waals surface area (Å²) in [5.74, 6) is -0.774. The van der Waals surface area contributed by atoms with Crippen LogP contribution in [0.3, 0.4) is 0 Å². The fraction of sp³-hybridized carbons (Fsp3) is 0.500. The van der Waals surface area contributed by atoms with Gasteiger partial charge in [0.15, 0.2) is 5.75 Å². The van der Waals surface area contributed by atoms with Crippen LogP contribution in [0.4, 0.5) is 5.69 Å². The molecule has 0 aromatic heterocycles. The Bertz CT molecular complexity index is 1140. The van der Waals surface area contributed by atoms with Gasteiger partial charge in [-0.15, -0.1) is 0 Å². The number of aliphatic hydroxyl groups is 3. The van der Waals surface area contributed by atoms with Crippen molar-refractivity contribution >= 4 is 29.6 Å². The van der Waals surface area contributed by atoms with E-state index in [1.807, 2.05) is 25.1 Å². The third-order valence-corrected chi connectivity index (χ3v) is 6.97. The van der Waals surface area contributed by atoms with Crippen molar-refractivity contribution in [2.24, 2.45) is 5.41 Å². The summed E-state index contributed by atoms with van der Waals surface area (Å²) in [7, 11) is 0. The average molecular weight is 579 g/mol. The summed E-state index contributed by atoms with van der Waals surface area (Å²) >= 11 is 0.932. The number of anilines is 1. The van der Waals surface area contributed by atoms with Crippen molar-refractivity contribution in [3.63, 3.8) is 0 Å². The lowest BCUT2D eigenvalue weighted by Gasteiger charge is -2.40. The number of carboxylic acids is 1. The second-order valence-corrected chi connectivity index (χ2v) is 11.4. The maximum Gasteiger partial charge on any atom is 0.335 e. The predicted octanol–water partition coefficient (Wildman–Crippen LogP) is 3.38. The molecule has 12 heteroatoms.